The highest BCUT2D eigenvalue weighted by Crippen LogP contribution is 2.26. The van der Waals surface area contributed by atoms with Crippen molar-refractivity contribution in [1.29, 1.82) is 0 Å². The predicted molar refractivity (Wildman–Crippen MR) is 261 cm³/mol. The van der Waals surface area contributed by atoms with Crippen molar-refractivity contribution < 1.29 is 73.8 Å². The molecule has 2 heterocycles. The fourth-order valence-corrected chi connectivity index (χ4v) is 8.18. The number of rotatable bonds is 41. The fourth-order valence-electron chi connectivity index (χ4n) is 8.18. The lowest BCUT2D eigenvalue weighted by atomic mass is 9.98. The summed E-state index contributed by atoms with van der Waals surface area (Å²) in [7, 11) is 0. The average Bonchev–Trinajstić information content (AvgIpc) is 3.33. The van der Waals surface area contributed by atoms with Crippen molar-refractivity contribution in [3.8, 4) is 0 Å². The van der Waals surface area contributed by atoms with Gasteiger partial charge < -0.3 is 64.2 Å². The van der Waals surface area contributed by atoms with Crippen LogP contribution in [0.3, 0.4) is 0 Å². The summed E-state index contributed by atoms with van der Waals surface area (Å²) in [6, 6.07) is 0. The third kappa shape index (κ3) is 27.9. The number of ether oxygens (including phenoxy) is 6. The fraction of sp³-hybridized carbons (Fsp3) is 0.849. The molecule has 15 heteroatoms. The molecular formula is C53H94O15. The first kappa shape index (κ1) is 61.8. The minimum atomic E-state index is -1.77. The molecule has 0 saturated carbocycles. The second-order valence-electron chi connectivity index (χ2n) is 18.7. The molecule has 0 radical (unpaired) electrons. The van der Waals surface area contributed by atoms with Gasteiger partial charge in [0.1, 0.15) is 55.4 Å². The third-order valence-electron chi connectivity index (χ3n) is 12.6. The number of aliphatic hydroxyl groups excluding tert-OH is 7. The van der Waals surface area contributed by atoms with Gasteiger partial charge in [-0.1, -0.05) is 147 Å². The van der Waals surface area contributed by atoms with E-state index in [1.54, 1.807) is 0 Å². The van der Waals surface area contributed by atoms with Crippen LogP contribution in [-0.4, -0.2) is 142 Å². The molecule has 4 unspecified atom stereocenters. The van der Waals surface area contributed by atoms with Crippen molar-refractivity contribution in [2.24, 2.45) is 0 Å². The Kier molecular flexibility index (Phi) is 36.7. The molecule has 15 nitrogen and oxygen atoms in total. The van der Waals surface area contributed by atoms with E-state index in [0.717, 1.165) is 57.8 Å². The molecule has 11 atom stereocenters. The zero-order chi connectivity index (χ0) is 49.6. The summed E-state index contributed by atoms with van der Waals surface area (Å²) in [6.45, 7) is 2.54. The minimum absolute atomic E-state index is 0.134. The zero-order valence-corrected chi connectivity index (χ0v) is 41.8. The van der Waals surface area contributed by atoms with Gasteiger partial charge in [0, 0.05) is 12.8 Å². The number of carbonyl (C=O) groups is 2. The van der Waals surface area contributed by atoms with Crippen LogP contribution in [0.4, 0.5) is 0 Å². The Morgan fingerprint density at radius 2 is 0.882 bits per heavy atom. The van der Waals surface area contributed by atoms with Gasteiger partial charge in [0.25, 0.3) is 0 Å². The lowest BCUT2D eigenvalue weighted by Gasteiger charge is -2.42. The normalized spacial score (nSPS) is 26.0. The summed E-state index contributed by atoms with van der Waals surface area (Å²) >= 11 is 0. The van der Waals surface area contributed by atoms with E-state index in [1.807, 2.05) is 0 Å². The standard InChI is InChI=1S/C53H94O15/c1-3-5-7-9-11-13-15-17-19-20-22-23-25-27-29-31-33-35-44(55)63-38-41(66-45(56)36-34-32-30-28-26-24-21-18-16-14-12-10-8-6-4-2)39-64-52-51(62)49(60)47(58)43(68-52)40-65-53-50(61)48(59)46(57)42(37-54)67-53/h11,13,17,19,26,28,41-43,46-54,57-62H,3-10,12,14-16,18,20-25,27,29-40H2,1-2H3/b13-11+,19-17+,28-26+/t41-,42+,43+,46-,47-,48?,49?,50?,51?,52+,53+/m0/s1. The topological polar surface area (TPSA) is 231 Å². The second kappa shape index (κ2) is 40.3. The van der Waals surface area contributed by atoms with Crippen LogP contribution >= 0.6 is 0 Å². The van der Waals surface area contributed by atoms with Gasteiger partial charge in [-0.25, -0.2) is 0 Å². The predicted octanol–water partition coefficient (Wildman–Crippen LogP) is 7.71. The number of unbranched alkanes of at least 4 members (excludes halogenated alkanes) is 21. The van der Waals surface area contributed by atoms with Crippen LogP contribution in [0, 0.1) is 0 Å². The van der Waals surface area contributed by atoms with E-state index in [0.29, 0.717) is 12.8 Å². The Morgan fingerprint density at radius 1 is 0.471 bits per heavy atom. The summed E-state index contributed by atoms with van der Waals surface area (Å²) in [6.07, 6.45) is 26.0. The number of hydrogen-bond acceptors (Lipinski definition) is 15. The smallest absolute Gasteiger partial charge is 0.306 e. The molecule has 396 valence electrons. The van der Waals surface area contributed by atoms with E-state index in [4.69, 9.17) is 28.4 Å². The molecule has 2 rings (SSSR count). The maximum absolute atomic E-state index is 13.0. The average molecular weight is 971 g/mol. The van der Waals surface area contributed by atoms with Crippen molar-refractivity contribution in [1.82, 2.24) is 0 Å². The minimum Gasteiger partial charge on any atom is -0.462 e. The molecule has 7 N–H and O–H groups in total. The van der Waals surface area contributed by atoms with E-state index in [2.05, 4.69) is 50.3 Å². The second-order valence-corrected chi connectivity index (χ2v) is 18.7. The molecule has 0 amide bonds. The summed E-state index contributed by atoms with van der Waals surface area (Å²) in [5, 5.41) is 72.1. The highest BCUT2D eigenvalue weighted by atomic mass is 16.7. The number of esters is 2. The van der Waals surface area contributed by atoms with Crippen LogP contribution in [0.5, 0.6) is 0 Å². The molecule has 2 saturated heterocycles. The van der Waals surface area contributed by atoms with E-state index in [9.17, 15) is 45.3 Å². The number of carbonyl (C=O) groups excluding carboxylic acids is 2. The summed E-state index contributed by atoms with van der Waals surface area (Å²) in [5.41, 5.74) is 0. The first-order valence-corrected chi connectivity index (χ1v) is 26.6. The van der Waals surface area contributed by atoms with E-state index in [1.165, 1.54) is 96.3 Å². The van der Waals surface area contributed by atoms with Gasteiger partial charge in [-0.05, 0) is 70.6 Å². The van der Waals surface area contributed by atoms with Gasteiger partial charge in [0.05, 0.1) is 19.8 Å². The molecule has 0 aliphatic carbocycles. The zero-order valence-electron chi connectivity index (χ0n) is 41.8. The van der Waals surface area contributed by atoms with Crippen LogP contribution < -0.4 is 0 Å². The Balaban J connectivity index is 1.81. The van der Waals surface area contributed by atoms with Crippen LogP contribution in [0.2, 0.25) is 0 Å². The summed E-state index contributed by atoms with van der Waals surface area (Å²) in [4.78, 5) is 25.8. The van der Waals surface area contributed by atoms with Crippen molar-refractivity contribution in [2.45, 2.75) is 261 Å². The van der Waals surface area contributed by atoms with E-state index < -0.39 is 99.3 Å². The summed E-state index contributed by atoms with van der Waals surface area (Å²) < 4.78 is 33.6. The molecule has 0 bridgehead atoms. The molecule has 0 aromatic heterocycles. The van der Waals surface area contributed by atoms with Crippen LogP contribution in [0.25, 0.3) is 0 Å². The van der Waals surface area contributed by atoms with Crippen LogP contribution in [0.1, 0.15) is 194 Å². The number of hydrogen-bond donors (Lipinski definition) is 7. The molecule has 0 spiro atoms. The van der Waals surface area contributed by atoms with Gasteiger partial charge in [-0.2, -0.15) is 0 Å². The first-order chi connectivity index (χ1) is 33.0. The molecule has 68 heavy (non-hydrogen) atoms. The van der Waals surface area contributed by atoms with Crippen LogP contribution in [0.15, 0.2) is 36.5 Å². The Hall–Kier alpha value is -2.28. The Labute approximate surface area is 408 Å². The molecule has 0 aromatic carbocycles. The number of aliphatic hydroxyl groups is 7. The SMILES string of the molecule is CCCCC/C=C/C/C=C/CCCCCCCCCC(=O)OC[C@@H](CO[C@@H]1O[C@H](CO[C@@H]2O[C@H](CO)[C@H](O)C(O)C2O)[C@H](O)C(O)C1O)OC(=O)CCCC/C=C/CCCCCCCCCCC. The molecule has 2 fully saturated rings. The first-order valence-electron chi connectivity index (χ1n) is 26.6. The van der Waals surface area contributed by atoms with Gasteiger partial charge in [-0.3, -0.25) is 9.59 Å². The summed E-state index contributed by atoms with van der Waals surface area (Å²) in [5.74, 6) is -0.957. The molecule has 0 aromatic rings. The van der Waals surface area contributed by atoms with Gasteiger partial charge >= 0.3 is 11.9 Å². The van der Waals surface area contributed by atoms with Crippen LogP contribution in [-0.2, 0) is 38.0 Å². The molecule has 2 aliphatic heterocycles. The molecular weight excluding hydrogens is 877 g/mol. The quantitative estimate of drug-likeness (QED) is 0.0177. The van der Waals surface area contributed by atoms with Crippen molar-refractivity contribution in [3.63, 3.8) is 0 Å². The lowest BCUT2D eigenvalue weighted by molar-refractivity contribution is -0.332. The maximum atomic E-state index is 13.0. The van der Waals surface area contributed by atoms with Gasteiger partial charge in [0.15, 0.2) is 18.7 Å². The highest BCUT2D eigenvalue weighted by Gasteiger charge is 2.47. The van der Waals surface area contributed by atoms with E-state index in [-0.39, 0.29) is 19.4 Å². The number of allylic oxidation sites excluding steroid dienone is 6. The largest absolute Gasteiger partial charge is 0.462 e. The van der Waals surface area contributed by atoms with E-state index >= 15 is 0 Å². The van der Waals surface area contributed by atoms with Crippen molar-refractivity contribution >= 4 is 11.9 Å². The Bertz CT molecular complexity index is 1330. The molecule has 2 aliphatic rings. The highest BCUT2D eigenvalue weighted by molar-refractivity contribution is 5.70. The third-order valence-corrected chi connectivity index (χ3v) is 12.6. The lowest BCUT2D eigenvalue weighted by Crippen LogP contribution is -2.61. The van der Waals surface area contributed by atoms with Crippen molar-refractivity contribution in [2.75, 3.05) is 26.4 Å². The Morgan fingerprint density at radius 3 is 1.44 bits per heavy atom. The monoisotopic (exact) mass is 971 g/mol. The van der Waals surface area contributed by atoms with Gasteiger partial charge in [0.2, 0.25) is 0 Å². The maximum Gasteiger partial charge on any atom is 0.306 e. The van der Waals surface area contributed by atoms with Gasteiger partial charge in [-0.15, -0.1) is 0 Å². The van der Waals surface area contributed by atoms with Crippen molar-refractivity contribution in [3.05, 3.63) is 36.5 Å².